The Hall–Kier alpha value is -1.10. The van der Waals surface area contributed by atoms with Crippen molar-refractivity contribution >= 4 is 11.9 Å². The van der Waals surface area contributed by atoms with Gasteiger partial charge in [-0.2, -0.15) is 0 Å². The lowest BCUT2D eigenvalue weighted by Gasteiger charge is -2.46. The normalized spacial score (nSPS) is 41.5. The molecule has 5 nitrogen and oxygen atoms in total. The standard InChI is InChI=1S/C26H44O5/c1-15-29-16(27)22(14)23(17(28)30-21(11,12)13)24(18(2,3)4)25(23,19(5,6)7)26(24,31-22)20(8,9)10/h15H2,1-14H3/t22-,23?,24?,25?,26?/m1/s1. The molecule has 0 amide bonds. The van der Waals surface area contributed by atoms with E-state index in [1.54, 1.807) is 13.8 Å². The van der Waals surface area contributed by atoms with E-state index in [4.69, 9.17) is 14.2 Å². The van der Waals surface area contributed by atoms with Gasteiger partial charge in [0.25, 0.3) is 0 Å². The smallest absolute Gasteiger partial charge is 0.339 e. The van der Waals surface area contributed by atoms with Gasteiger partial charge in [0.1, 0.15) is 11.0 Å². The Morgan fingerprint density at radius 2 is 1.16 bits per heavy atom. The van der Waals surface area contributed by atoms with Gasteiger partial charge < -0.3 is 14.2 Å². The SMILES string of the molecule is CCOC(=O)[C@@]1(C)OC2(C(C)(C)C)C3(C(C)(C)C)C2(C(C)(C)C)C31C(=O)OC(C)(C)C. The summed E-state index contributed by atoms with van der Waals surface area (Å²) in [6.07, 6.45) is 0. The van der Waals surface area contributed by atoms with E-state index in [-0.39, 0.29) is 28.8 Å². The molecule has 0 radical (unpaired) electrons. The first kappa shape index (κ1) is 24.5. The van der Waals surface area contributed by atoms with E-state index in [1.807, 2.05) is 20.8 Å². The van der Waals surface area contributed by atoms with Crippen molar-refractivity contribution in [1.82, 2.24) is 0 Å². The summed E-state index contributed by atoms with van der Waals surface area (Å²) in [4.78, 5) is 27.8. The first-order chi connectivity index (χ1) is 13.6. The summed E-state index contributed by atoms with van der Waals surface area (Å²) in [5, 5.41) is 0. The highest BCUT2D eigenvalue weighted by Gasteiger charge is 3.27. The van der Waals surface area contributed by atoms with Crippen molar-refractivity contribution in [2.24, 2.45) is 32.5 Å². The van der Waals surface area contributed by atoms with Crippen molar-refractivity contribution in [3.05, 3.63) is 0 Å². The predicted octanol–water partition coefficient (Wildman–Crippen LogP) is 5.54. The molecular weight excluding hydrogens is 392 g/mol. The molecule has 178 valence electrons. The Morgan fingerprint density at radius 3 is 1.45 bits per heavy atom. The summed E-state index contributed by atoms with van der Waals surface area (Å²) in [6, 6.07) is 0. The fourth-order valence-corrected chi connectivity index (χ4v) is 8.72. The zero-order valence-electron chi connectivity index (χ0n) is 22.2. The molecular formula is C26H44O5. The third kappa shape index (κ3) is 2.01. The van der Waals surface area contributed by atoms with Crippen LogP contribution < -0.4 is 0 Å². The van der Waals surface area contributed by atoms with Gasteiger partial charge in [-0.15, -0.1) is 0 Å². The molecule has 2 bridgehead atoms. The van der Waals surface area contributed by atoms with Crippen LogP contribution in [-0.4, -0.2) is 35.3 Å². The summed E-state index contributed by atoms with van der Waals surface area (Å²) < 4.78 is 18.6. The minimum Gasteiger partial charge on any atom is -0.464 e. The molecule has 31 heavy (non-hydrogen) atoms. The lowest BCUT2D eigenvalue weighted by molar-refractivity contribution is -0.185. The fraction of sp³-hybridized carbons (Fsp3) is 0.923. The minimum absolute atomic E-state index is 0.232. The number of esters is 2. The zero-order chi connectivity index (χ0) is 24.5. The average molecular weight is 437 g/mol. The molecule has 5 heteroatoms. The van der Waals surface area contributed by atoms with Gasteiger partial charge in [-0.3, -0.25) is 4.79 Å². The van der Waals surface area contributed by atoms with Crippen molar-refractivity contribution in [3.63, 3.8) is 0 Å². The van der Waals surface area contributed by atoms with Gasteiger partial charge in [-0.25, -0.2) is 4.79 Å². The highest BCUT2D eigenvalue weighted by atomic mass is 16.6. The first-order valence-corrected chi connectivity index (χ1v) is 11.7. The third-order valence-corrected chi connectivity index (χ3v) is 8.37. The van der Waals surface area contributed by atoms with Gasteiger partial charge in [-0.05, 0) is 50.9 Å². The lowest BCUT2D eigenvalue weighted by Crippen LogP contribution is -2.57. The summed E-state index contributed by atoms with van der Waals surface area (Å²) in [7, 11) is 0. The van der Waals surface area contributed by atoms with Crippen molar-refractivity contribution < 1.29 is 23.8 Å². The number of fused-ring (bicyclic) bond motifs is 1. The third-order valence-electron chi connectivity index (χ3n) is 8.37. The van der Waals surface area contributed by atoms with E-state index in [1.165, 1.54) is 0 Å². The van der Waals surface area contributed by atoms with Gasteiger partial charge in [0.2, 0.25) is 0 Å². The number of hydrogen-bond donors (Lipinski definition) is 0. The van der Waals surface area contributed by atoms with E-state index < -0.39 is 39.0 Å². The van der Waals surface area contributed by atoms with Crippen molar-refractivity contribution in [2.45, 2.75) is 114 Å². The lowest BCUT2D eigenvalue weighted by atomic mass is 9.55. The molecule has 2 saturated heterocycles. The Labute approximate surface area is 189 Å². The molecule has 4 fully saturated rings. The monoisotopic (exact) mass is 436 g/mol. The van der Waals surface area contributed by atoms with Crippen molar-refractivity contribution in [3.8, 4) is 0 Å². The number of carbonyl (C=O) groups is 2. The first-order valence-electron chi connectivity index (χ1n) is 11.7. The van der Waals surface area contributed by atoms with E-state index in [0.29, 0.717) is 0 Å². The van der Waals surface area contributed by atoms with Crippen molar-refractivity contribution in [1.29, 1.82) is 0 Å². The largest absolute Gasteiger partial charge is 0.464 e. The summed E-state index contributed by atoms with van der Waals surface area (Å²) >= 11 is 0. The summed E-state index contributed by atoms with van der Waals surface area (Å²) in [6.45, 7) is 28.9. The van der Waals surface area contributed by atoms with E-state index in [0.717, 1.165) is 0 Å². The van der Waals surface area contributed by atoms with Gasteiger partial charge in [0, 0.05) is 10.8 Å². The molecule has 2 unspecified atom stereocenters. The average Bonchev–Trinajstić information content (AvgIpc) is 3.24. The van der Waals surface area contributed by atoms with Crippen LogP contribution in [0.1, 0.15) is 96.9 Å². The van der Waals surface area contributed by atoms with Gasteiger partial charge in [-0.1, -0.05) is 62.3 Å². The quantitative estimate of drug-likeness (QED) is 0.543. The molecule has 4 aliphatic rings. The van der Waals surface area contributed by atoms with E-state index in [2.05, 4.69) is 62.3 Å². The van der Waals surface area contributed by atoms with Crippen LogP contribution in [0, 0.1) is 32.5 Å². The molecule has 0 aromatic rings. The molecule has 2 saturated carbocycles. The van der Waals surface area contributed by atoms with Crippen LogP contribution >= 0.6 is 0 Å². The second-order valence-electron chi connectivity index (χ2n) is 14.0. The molecule has 0 N–H and O–H groups in total. The van der Waals surface area contributed by atoms with E-state index in [9.17, 15) is 9.59 Å². The molecule has 0 aromatic heterocycles. The van der Waals surface area contributed by atoms with Crippen LogP contribution in [-0.2, 0) is 23.8 Å². The van der Waals surface area contributed by atoms with Crippen LogP contribution in [0.25, 0.3) is 0 Å². The Kier molecular flexibility index (Phi) is 4.50. The maximum atomic E-state index is 14.2. The molecule has 4 rings (SSSR count). The van der Waals surface area contributed by atoms with Crippen LogP contribution in [0.5, 0.6) is 0 Å². The van der Waals surface area contributed by atoms with Crippen LogP contribution in [0.3, 0.4) is 0 Å². The van der Waals surface area contributed by atoms with Crippen molar-refractivity contribution in [2.75, 3.05) is 6.61 Å². The summed E-state index contributed by atoms with van der Waals surface area (Å²) in [5.41, 5.74) is -5.90. The molecule has 2 heterocycles. The number of hydrogen-bond acceptors (Lipinski definition) is 5. The van der Waals surface area contributed by atoms with Crippen LogP contribution in [0.4, 0.5) is 0 Å². The second kappa shape index (κ2) is 5.69. The zero-order valence-corrected chi connectivity index (χ0v) is 22.2. The van der Waals surface area contributed by atoms with E-state index >= 15 is 0 Å². The Balaban J connectivity index is 2.44. The second-order valence-corrected chi connectivity index (χ2v) is 14.0. The van der Waals surface area contributed by atoms with Gasteiger partial charge in [0.15, 0.2) is 5.60 Å². The highest BCUT2D eigenvalue weighted by Crippen LogP contribution is 3.17. The number of rotatable bonds is 3. The fourth-order valence-electron chi connectivity index (χ4n) is 8.72. The topological polar surface area (TPSA) is 61.8 Å². The molecule has 3 atom stereocenters. The molecule has 0 aromatic carbocycles. The van der Waals surface area contributed by atoms with Gasteiger partial charge in [0.05, 0.1) is 12.2 Å². The minimum atomic E-state index is -1.42. The molecule has 2 aliphatic carbocycles. The van der Waals surface area contributed by atoms with Gasteiger partial charge >= 0.3 is 11.9 Å². The Morgan fingerprint density at radius 1 is 0.742 bits per heavy atom. The molecule has 2 aliphatic heterocycles. The molecule has 0 spiro atoms. The maximum absolute atomic E-state index is 14.2. The number of carbonyl (C=O) groups excluding carboxylic acids is 2. The summed E-state index contributed by atoms with van der Waals surface area (Å²) in [5.74, 6) is -0.804. The van der Waals surface area contributed by atoms with Crippen LogP contribution in [0.15, 0.2) is 0 Å². The highest BCUT2D eigenvalue weighted by molar-refractivity contribution is 6.04. The van der Waals surface area contributed by atoms with Crippen LogP contribution in [0.2, 0.25) is 0 Å². The maximum Gasteiger partial charge on any atom is 0.339 e. The Bertz CT molecular complexity index is 800. The number of ether oxygens (including phenoxy) is 3. The predicted molar refractivity (Wildman–Crippen MR) is 120 cm³/mol.